The fourth-order valence-corrected chi connectivity index (χ4v) is 11.1. The van der Waals surface area contributed by atoms with Crippen LogP contribution in [0.5, 0.6) is 6.01 Å². The van der Waals surface area contributed by atoms with Crippen molar-refractivity contribution in [2.24, 2.45) is 13.0 Å². The number of carbonyl (C=O) groups is 3. The number of nitrogens with two attached hydrogens (primary N) is 1. The molecule has 3 saturated heterocycles. The first-order valence-electron chi connectivity index (χ1n) is 21.9. The van der Waals surface area contributed by atoms with E-state index in [4.69, 9.17) is 27.1 Å². The molecule has 3 aliphatic heterocycles. The SMILES string of the molecule is Cn1nc(C2CCC(=O)NC2=O)c2ccc(C3CCC(CC(=O)NCCCOc4nc(N5CC6(CNCCN6)C5)c5cc(Cl)c(-c6ccc(F)c7sc(N)nc67)c(F)c5n4)CC3)cc21. The number of imide groups is 1. The molecule has 10 rings (SSSR count). The van der Waals surface area contributed by atoms with Crippen LogP contribution in [0.2, 0.25) is 5.02 Å². The molecule has 3 amide bonds. The first-order chi connectivity index (χ1) is 30.9. The molecule has 1 unspecified atom stereocenters. The number of nitrogen functional groups attached to an aromatic ring is 1. The van der Waals surface area contributed by atoms with Crippen molar-refractivity contribution in [3.05, 3.63) is 64.3 Å². The molecule has 1 aliphatic carbocycles. The second-order valence-electron chi connectivity index (χ2n) is 17.6. The van der Waals surface area contributed by atoms with Gasteiger partial charge in [-0.1, -0.05) is 35.1 Å². The number of piperazine rings is 1. The van der Waals surface area contributed by atoms with Crippen LogP contribution in [0.15, 0.2) is 36.4 Å². The number of rotatable bonds is 11. The minimum Gasteiger partial charge on any atom is -0.463 e. The number of piperidine rings is 1. The molecule has 3 aromatic carbocycles. The van der Waals surface area contributed by atoms with Crippen molar-refractivity contribution in [2.45, 2.75) is 68.7 Å². The lowest BCUT2D eigenvalue weighted by molar-refractivity contribution is -0.134. The Balaban J connectivity index is 0.766. The normalized spacial score (nSPS) is 21.1. The Morgan fingerprint density at radius 1 is 1.03 bits per heavy atom. The van der Waals surface area contributed by atoms with E-state index < -0.39 is 17.6 Å². The molecule has 4 aliphatic rings. The number of ether oxygens (including phenoxy) is 1. The van der Waals surface area contributed by atoms with Crippen LogP contribution in [0.25, 0.3) is 43.1 Å². The highest BCUT2D eigenvalue weighted by Gasteiger charge is 2.45. The maximum absolute atomic E-state index is 16.8. The van der Waals surface area contributed by atoms with Gasteiger partial charge in [-0.2, -0.15) is 15.1 Å². The molecule has 15 nitrogen and oxygen atoms in total. The third-order valence-electron chi connectivity index (χ3n) is 13.3. The van der Waals surface area contributed by atoms with E-state index >= 15 is 4.39 Å². The Kier molecular flexibility index (Phi) is 11.3. The van der Waals surface area contributed by atoms with Crippen molar-refractivity contribution in [1.82, 2.24) is 46.0 Å². The summed E-state index contributed by atoms with van der Waals surface area (Å²) in [6.45, 7) is 4.34. The highest BCUT2D eigenvalue weighted by atomic mass is 35.5. The predicted octanol–water partition coefficient (Wildman–Crippen LogP) is 5.83. The zero-order valence-electron chi connectivity index (χ0n) is 35.2. The fourth-order valence-electron chi connectivity index (χ4n) is 10.0. The van der Waals surface area contributed by atoms with Gasteiger partial charge in [0.25, 0.3) is 0 Å². The van der Waals surface area contributed by atoms with E-state index in [0.717, 1.165) is 67.6 Å². The molecule has 3 aromatic heterocycles. The van der Waals surface area contributed by atoms with Crippen molar-refractivity contribution in [2.75, 3.05) is 56.5 Å². The van der Waals surface area contributed by atoms with Crippen molar-refractivity contribution in [3.8, 4) is 17.1 Å². The summed E-state index contributed by atoms with van der Waals surface area (Å²) in [6, 6.07) is 10.7. The van der Waals surface area contributed by atoms with Crippen LogP contribution < -0.4 is 36.6 Å². The van der Waals surface area contributed by atoms with Crippen LogP contribution in [0.4, 0.5) is 19.7 Å². The van der Waals surface area contributed by atoms with E-state index in [0.29, 0.717) is 73.7 Å². The van der Waals surface area contributed by atoms with E-state index in [1.165, 1.54) is 17.7 Å². The number of benzene rings is 3. The lowest BCUT2D eigenvalue weighted by atomic mass is 9.77. The number of carbonyl (C=O) groups excluding carboxylic acids is 3. The highest BCUT2D eigenvalue weighted by Crippen LogP contribution is 2.44. The minimum absolute atomic E-state index is 0.00658. The van der Waals surface area contributed by atoms with E-state index in [1.54, 1.807) is 6.07 Å². The zero-order chi connectivity index (χ0) is 44.3. The summed E-state index contributed by atoms with van der Waals surface area (Å²) in [5.74, 6) is -1.06. The molecule has 6 aromatic rings. The number of fused-ring (bicyclic) bond motifs is 3. The van der Waals surface area contributed by atoms with Gasteiger partial charge in [0.1, 0.15) is 17.2 Å². The Bertz CT molecular complexity index is 2830. The van der Waals surface area contributed by atoms with Gasteiger partial charge in [0.15, 0.2) is 10.9 Å². The van der Waals surface area contributed by atoms with Gasteiger partial charge in [-0.3, -0.25) is 24.4 Å². The average Bonchev–Trinajstić information content (AvgIpc) is 3.83. The number of amides is 3. The van der Waals surface area contributed by atoms with E-state index in [1.807, 2.05) is 11.7 Å². The van der Waals surface area contributed by atoms with Gasteiger partial charge in [0, 0.05) is 81.1 Å². The largest absolute Gasteiger partial charge is 0.463 e. The van der Waals surface area contributed by atoms with Crippen LogP contribution in [0.1, 0.15) is 74.5 Å². The second-order valence-corrected chi connectivity index (χ2v) is 19.0. The Hall–Kier alpha value is -5.56. The number of hydrogen-bond acceptors (Lipinski definition) is 13. The third kappa shape index (κ3) is 7.98. The van der Waals surface area contributed by atoms with Crippen molar-refractivity contribution >= 4 is 83.6 Å². The Labute approximate surface area is 375 Å². The van der Waals surface area contributed by atoms with Crippen LogP contribution in [0.3, 0.4) is 0 Å². The number of aromatic nitrogens is 5. The molecule has 6 heterocycles. The fraction of sp³-hybridized carbons (Fsp3) is 0.444. The maximum atomic E-state index is 16.8. The Morgan fingerprint density at radius 2 is 1.86 bits per heavy atom. The summed E-state index contributed by atoms with van der Waals surface area (Å²) in [7, 11) is 1.88. The zero-order valence-corrected chi connectivity index (χ0v) is 36.8. The molecule has 19 heteroatoms. The molecule has 1 atom stereocenters. The topological polar surface area (TPSA) is 194 Å². The second kappa shape index (κ2) is 17.1. The number of thiazole rings is 1. The minimum atomic E-state index is -0.709. The smallest absolute Gasteiger partial charge is 0.319 e. The van der Waals surface area contributed by atoms with Gasteiger partial charge in [-0.05, 0) is 80.2 Å². The van der Waals surface area contributed by atoms with E-state index in [9.17, 15) is 18.8 Å². The van der Waals surface area contributed by atoms with Gasteiger partial charge < -0.3 is 31.3 Å². The van der Waals surface area contributed by atoms with E-state index in [-0.39, 0.29) is 73.2 Å². The molecule has 1 spiro atoms. The number of nitrogens with one attached hydrogen (secondary N) is 4. The van der Waals surface area contributed by atoms with Crippen molar-refractivity contribution in [1.29, 1.82) is 0 Å². The molecule has 64 heavy (non-hydrogen) atoms. The van der Waals surface area contributed by atoms with Crippen LogP contribution in [-0.2, 0) is 21.4 Å². The average molecular weight is 912 g/mol. The summed E-state index contributed by atoms with van der Waals surface area (Å²) < 4.78 is 39.6. The van der Waals surface area contributed by atoms with Gasteiger partial charge >= 0.3 is 6.01 Å². The van der Waals surface area contributed by atoms with Crippen LogP contribution >= 0.6 is 22.9 Å². The number of nitrogens with zero attached hydrogens (tertiary/aromatic N) is 6. The molecule has 6 N–H and O–H groups in total. The highest BCUT2D eigenvalue weighted by molar-refractivity contribution is 7.22. The maximum Gasteiger partial charge on any atom is 0.319 e. The molecule has 334 valence electrons. The summed E-state index contributed by atoms with van der Waals surface area (Å²) in [4.78, 5) is 53.0. The predicted molar refractivity (Wildman–Crippen MR) is 242 cm³/mol. The summed E-state index contributed by atoms with van der Waals surface area (Å²) in [5.41, 5.74) is 9.25. The molecule has 0 radical (unpaired) electrons. The van der Waals surface area contributed by atoms with Crippen LogP contribution in [0, 0.1) is 17.6 Å². The van der Waals surface area contributed by atoms with Crippen LogP contribution in [-0.4, -0.2) is 93.9 Å². The number of hydrogen-bond donors (Lipinski definition) is 5. The number of halogens is 3. The molecular formula is C45H48ClF2N11O4S. The number of aryl methyl sites for hydroxylation is 1. The lowest BCUT2D eigenvalue weighted by Crippen LogP contribution is -2.76. The quantitative estimate of drug-likeness (QED) is 0.0773. The molecule has 1 saturated carbocycles. The van der Waals surface area contributed by atoms with Gasteiger partial charge in [0.2, 0.25) is 17.7 Å². The lowest BCUT2D eigenvalue weighted by Gasteiger charge is -2.53. The Morgan fingerprint density at radius 3 is 2.64 bits per heavy atom. The summed E-state index contributed by atoms with van der Waals surface area (Å²) in [6.07, 6.45) is 5.50. The molecule has 0 bridgehead atoms. The summed E-state index contributed by atoms with van der Waals surface area (Å²) >= 11 is 7.81. The van der Waals surface area contributed by atoms with Gasteiger partial charge in [-0.25, -0.2) is 13.8 Å². The number of anilines is 2. The van der Waals surface area contributed by atoms with Gasteiger partial charge in [-0.15, -0.1) is 0 Å². The van der Waals surface area contributed by atoms with E-state index in [2.05, 4.69) is 59.4 Å². The molecule has 4 fully saturated rings. The first-order valence-corrected chi connectivity index (χ1v) is 23.1. The van der Waals surface area contributed by atoms with Crippen molar-refractivity contribution < 1.29 is 27.9 Å². The first kappa shape index (κ1) is 42.4. The summed E-state index contributed by atoms with van der Waals surface area (Å²) in [5, 5.41) is 18.8. The monoisotopic (exact) mass is 911 g/mol. The third-order valence-corrected chi connectivity index (χ3v) is 14.5. The standard InChI is InChI=1S/C45H48ClF2N11O4S/c1-58-32-18-25(7-8-26(32)37(57-58)28-10-12-33(60)53-42(28)62)24-5-3-23(4-6-24)17-34(61)51-13-2-16-63-44-55-38-29(41(56-44)59-21-45(22-59)20-50-14-15-52-45)19-30(46)35(36(38)48)27-9-11-31(47)40-39(27)54-43(49)64-40/h7-9,11,18-19,23-24,28,50,52H,2-6,10,12-17,20-22H2,1H3,(H2,49,54)(H,51,61)(H,53,60,62). The van der Waals surface area contributed by atoms with Crippen molar-refractivity contribution in [3.63, 3.8) is 0 Å². The van der Waals surface area contributed by atoms with Gasteiger partial charge in [0.05, 0.1) is 44.5 Å². The molecular weight excluding hydrogens is 864 g/mol.